The number of nitrogens with one attached hydrogen (secondary N) is 7. The van der Waals surface area contributed by atoms with Crippen molar-refractivity contribution in [2.24, 2.45) is 33.8 Å². The quantitative estimate of drug-likeness (QED) is 0.0114. The van der Waals surface area contributed by atoms with Crippen LogP contribution in [0.2, 0.25) is 0 Å². The Balaban J connectivity index is 2.06. The lowest BCUT2D eigenvalue weighted by molar-refractivity contribution is -0.393. The molecule has 9 amide bonds. The van der Waals surface area contributed by atoms with Crippen LogP contribution in [0, 0.1) is 26.1 Å². The van der Waals surface area contributed by atoms with Crippen LogP contribution in [0.5, 0.6) is 0 Å². The van der Waals surface area contributed by atoms with Gasteiger partial charge in [-0.15, -0.1) is 0 Å². The van der Waals surface area contributed by atoms with Crippen LogP contribution in [-0.4, -0.2) is 142 Å². The zero-order valence-corrected chi connectivity index (χ0v) is 38.7. The summed E-state index contributed by atoms with van der Waals surface area (Å²) in [7, 11) is 0. The Labute approximate surface area is 399 Å². The van der Waals surface area contributed by atoms with Crippen molar-refractivity contribution in [2.45, 2.75) is 115 Å². The molecule has 70 heavy (non-hydrogen) atoms. The van der Waals surface area contributed by atoms with E-state index in [9.17, 15) is 73.3 Å². The van der Waals surface area contributed by atoms with E-state index in [4.69, 9.17) is 22.9 Å². The summed E-state index contributed by atoms with van der Waals surface area (Å²) in [6, 6.07) is -5.03. The molecule has 1 aromatic carbocycles. The van der Waals surface area contributed by atoms with Crippen LogP contribution in [0.4, 0.5) is 17.1 Å². The summed E-state index contributed by atoms with van der Waals surface area (Å²) in [5.41, 5.74) is 19.8. The van der Waals surface area contributed by atoms with Crippen molar-refractivity contribution in [1.29, 1.82) is 0 Å². The molecule has 1 saturated heterocycles. The SMILES string of the molecule is CC[C@H](C)[C@H](NC(=O)CNC(=O)[C@H](CCC(N)=O)NC(=O)[C@@H]1CCCN1c1ccc([N+](=O)[O-])cc1[N+](=O)[O-])C(=O)N[C@@H](C)C(=O)NCC(=O)N[C@@H](CCC(N)=O)C(=O)N[C@@H](CCCN=C(N)N)C(=O)O. The molecule has 7 atom stereocenters. The van der Waals surface area contributed by atoms with E-state index in [0.717, 1.165) is 18.2 Å². The maximum absolute atomic E-state index is 13.6. The molecular weight excluding hydrogens is 931 g/mol. The lowest BCUT2D eigenvalue weighted by Gasteiger charge is -2.27. The number of anilines is 1. The third-order valence-electron chi connectivity index (χ3n) is 10.8. The van der Waals surface area contributed by atoms with E-state index in [1.165, 1.54) is 11.8 Å². The molecular formula is C40H61N15O15. The highest BCUT2D eigenvalue weighted by molar-refractivity contribution is 5.97. The van der Waals surface area contributed by atoms with Crippen LogP contribution < -0.4 is 65.1 Å². The molecule has 0 aliphatic carbocycles. The average Bonchev–Trinajstić information content (AvgIpc) is 3.79. The summed E-state index contributed by atoms with van der Waals surface area (Å²) in [5, 5.41) is 49.2. The van der Waals surface area contributed by atoms with Crippen molar-refractivity contribution >= 4 is 82.2 Å². The van der Waals surface area contributed by atoms with Gasteiger partial charge in [0, 0.05) is 32.0 Å². The first-order valence-electron chi connectivity index (χ1n) is 22.0. The molecule has 386 valence electrons. The van der Waals surface area contributed by atoms with Gasteiger partial charge in [0.2, 0.25) is 53.2 Å². The molecule has 0 aromatic heterocycles. The average molecular weight is 992 g/mol. The number of nitro groups is 2. The number of aliphatic carboxylic acids is 1. The highest BCUT2D eigenvalue weighted by Crippen LogP contribution is 2.36. The third kappa shape index (κ3) is 19.2. The van der Waals surface area contributed by atoms with Gasteiger partial charge < -0.3 is 70.2 Å². The van der Waals surface area contributed by atoms with E-state index in [0.29, 0.717) is 12.8 Å². The predicted octanol–water partition coefficient (Wildman–Crippen LogP) is -4.14. The molecule has 30 nitrogen and oxygen atoms in total. The number of hydrogen-bond acceptors (Lipinski definition) is 16. The van der Waals surface area contributed by atoms with Crippen molar-refractivity contribution in [3.05, 3.63) is 38.4 Å². The second-order valence-corrected chi connectivity index (χ2v) is 16.2. The van der Waals surface area contributed by atoms with Gasteiger partial charge in [0.1, 0.15) is 41.9 Å². The van der Waals surface area contributed by atoms with Crippen LogP contribution in [0.3, 0.4) is 0 Å². The van der Waals surface area contributed by atoms with E-state index >= 15 is 0 Å². The van der Waals surface area contributed by atoms with Crippen LogP contribution in [0.1, 0.15) is 78.6 Å². The molecule has 30 heteroatoms. The molecule has 0 saturated carbocycles. The predicted molar refractivity (Wildman–Crippen MR) is 245 cm³/mol. The van der Waals surface area contributed by atoms with Gasteiger partial charge in [-0.25, -0.2) is 4.79 Å². The maximum atomic E-state index is 13.6. The number of primary amides is 2. The Morgan fingerprint density at radius 1 is 0.757 bits per heavy atom. The van der Waals surface area contributed by atoms with Crippen molar-refractivity contribution in [3.63, 3.8) is 0 Å². The van der Waals surface area contributed by atoms with E-state index < -0.39 is 136 Å². The second kappa shape index (κ2) is 28.2. The van der Waals surface area contributed by atoms with Crippen molar-refractivity contribution in [3.8, 4) is 0 Å². The van der Waals surface area contributed by atoms with Gasteiger partial charge in [-0.3, -0.25) is 68.4 Å². The summed E-state index contributed by atoms with van der Waals surface area (Å²) in [6.07, 6.45) is -0.442. The fourth-order valence-corrected chi connectivity index (χ4v) is 6.91. The number of guanidine groups is 1. The summed E-state index contributed by atoms with van der Waals surface area (Å²) < 4.78 is 0. The number of nitrogens with two attached hydrogens (primary N) is 4. The number of nitrogens with zero attached hydrogens (tertiary/aromatic N) is 4. The number of carbonyl (C=O) groups excluding carboxylic acids is 9. The number of nitro benzene ring substituents is 2. The minimum absolute atomic E-state index is 0.0703. The van der Waals surface area contributed by atoms with Crippen LogP contribution >= 0.6 is 0 Å². The fraction of sp³-hybridized carbons (Fsp3) is 0.575. The van der Waals surface area contributed by atoms with Crippen molar-refractivity contribution < 1.29 is 62.9 Å². The number of aliphatic imine (C=N–C) groups is 1. The Kier molecular flexibility index (Phi) is 23.3. The summed E-state index contributed by atoms with van der Waals surface area (Å²) in [5.74, 6) is -10.0. The number of benzene rings is 1. The van der Waals surface area contributed by atoms with Crippen LogP contribution in [0.25, 0.3) is 0 Å². The molecule has 0 radical (unpaired) electrons. The number of non-ortho nitro benzene ring substituents is 1. The minimum Gasteiger partial charge on any atom is -0.480 e. The van der Waals surface area contributed by atoms with Gasteiger partial charge in [0.15, 0.2) is 5.96 Å². The minimum atomic E-state index is -1.45. The van der Waals surface area contributed by atoms with Crippen molar-refractivity contribution in [1.82, 2.24) is 37.2 Å². The Hall–Kier alpha value is -8.21. The number of hydrogen-bond donors (Lipinski definition) is 12. The molecule has 1 fully saturated rings. The smallest absolute Gasteiger partial charge is 0.326 e. The lowest BCUT2D eigenvalue weighted by atomic mass is 9.98. The summed E-state index contributed by atoms with van der Waals surface area (Å²) in [6.45, 7) is 3.32. The number of carboxylic acid groups (broad SMARTS) is 1. The molecule has 0 spiro atoms. The number of rotatable bonds is 30. The molecule has 1 heterocycles. The Morgan fingerprint density at radius 3 is 1.89 bits per heavy atom. The van der Waals surface area contributed by atoms with E-state index in [1.807, 2.05) is 0 Å². The molecule has 1 aliphatic heterocycles. The van der Waals surface area contributed by atoms with Gasteiger partial charge in [-0.1, -0.05) is 20.3 Å². The van der Waals surface area contributed by atoms with E-state index in [2.05, 4.69) is 42.2 Å². The first-order chi connectivity index (χ1) is 32.9. The maximum Gasteiger partial charge on any atom is 0.326 e. The van der Waals surface area contributed by atoms with E-state index in [1.54, 1.807) is 13.8 Å². The monoisotopic (exact) mass is 991 g/mol. The lowest BCUT2D eigenvalue weighted by Crippen LogP contribution is -2.57. The number of amides is 9. The summed E-state index contributed by atoms with van der Waals surface area (Å²) in [4.78, 5) is 154. The number of carboxylic acids is 1. The second-order valence-electron chi connectivity index (χ2n) is 16.2. The fourth-order valence-electron chi connectivity index (χ4n) is 6.91. The van der Waals surface area contributed by atoms with Gasteiger partial charge in [0.05, 0.1) is 29.0 Å². The third-order valence-corrected chi connectivity index (χ3v) is 10.8. The zero-order chi connectivity index (χ0) is 52.8. The first-order valence-corrected chi connectivity index (χ1v) is 22.0. The highest BCUT2D eigenvalue weighted by Gasteiger charge is 2.37. The standard InChI is InChI=1S/C40H61N15O15/c1-4-20(2)33(38(64)48-21(3)34(60)46-18-31(58)49-24(11-14-30(42)57)36(62)51-25(39(65)66)7-5-15-45-40(43)44)52-32(59)19-47-35(61)23(10-13-29(41)56)50-37(63)27-8-6-16-53(27)26-12-9-22(54(67)68)17-28(26)55(69)70/h9,12,17,20-21,23-25,27,33H,4-8,10-11,13-16,18-19H2,1-3H3,(H2,41,56)(H2,42,57)(H,46,60)(H,47,61)(H,48,64)(H,49,58)(H,50,63)(H,51,62)(H,52,59)(H,65,66)(H4,43,44,45)/t20-,21-,23-,24-,25-,27-,33-/m0/s1. The van der Waals surface area contributed by atoms with Crippen LogP contribution in [-0.2, 0) is 47.9 Å². The topological polar surface area (TPSA) is 481 Å². The highest BCUT2D eigenvalue weighted by atomic mass is 16.6. The molecule has 0 unspecified atom stereocenters. The van der Waals surface area contributed by atoms with Crippen LogP contribution in [0.15, 0.2) is 23.2 Å². The van der Waals surface area contributed by atoms with Gasteiger partial charge in [0.25, 0.3) is 11.4 Å². The Morgan fingerprint density at radius 2 is 1.34 bits per heavy atom. The van der Waals surface area contributed by atoms with E-state index in [-0.39, 0.29) is 69.7 Å². The molecule has 1 aromatic rings. The van der Waals surface area contributed by atoms with Crippen molar-refractivity contribution in [2.75, 3.05) is 31.1 Å². The number of carbonyl (C=O) groups is 10. The zero-order valence-electron chi connectivity index (χ0n) is 38.7. The molecule has 16 N–H and O–H groups in total. The normalized spacial score (nSPS) is 15.5. The first kappa shape index (κ1) is 57.9. The van der Waals surface area contributed by atoms with Gasteiger partial charge in [-0.05, 0) is 57.4 Å². The Bertz CT molecular complexity index is 2170. The molecule has 1 aliphatic rings. The largest absolute Gasteiger partial charge is 0.480 e. The molecule has 2 rings (SSSR count). The van der Waals surface area contributed by atoms with Gasteiger partial charge in [-0.2, -0.15) is 0 Å². The van der Waals surface area contributed by atoms with Gasteiger partial charge >= 0.3 is 5.97 Å². The molecule has 0 bridgehead atoms. The summed E-state index contributed by atoms with van der Waals surface area (Å²) >= 11 is 0.